The summed E-state index contributed by atoms with van der Waals surface area (Å²) in [5.74, 6) is -0.438. The van der Waals surface area contributed by atoms with E-state index in [0.717, 1.165) is 6.07 Å². The van der Waals surface area contributed by atoms with Crippen LogP contribution in [0.3, 0.4) is 0 Å². The number of hydrogen-bond acceptors (Lipinski definition) is 1. The molecule has 1 aromatic rings. The van der Waals surface area contributed by atoms with Gasteiger partial charge in [0.05, 0.1) is 5.69 Å². The molecule has 0 bridgehead atoms. The molecule has 1 heterocycles. The predicted octanol–water partition coefficient (Wildman–Crippen LogP) is 2.29. The minimum absolute atomic E-state index is 0.143. The highest BCUT2D eigenvalue weighted by molar-refractivity contribution is 14.1. The van der Waals surface area contributed by atoms with Gasteiger partial charge in [-0.2, -0.15) is 0 Å². The van der Waals surface area contributed by atoms with Gasteiger partial charge in [0, 0.05) is 6.07 Å². The number of nitrogens with zero attached hydrogens (tertiary/aromatic N) is 1. The Bertz CT molecular complexity index is 219. The maximum atomic E-state index is 12.4. The Morgan fingerprint density at radius 2 is 2.20 bits per heavy atom. The van der Waals surface area contributed by atoms with Crippen molar-refractivity contribution < 1.29 is 8.78 Å². The molecule has 1 nitrogen and oxygen atoms in total. The zero-order valence-electron chi connectivity index (χ0n) is 4.94. The molecule has 1 rings (SSSR count). The zero-order valence-corrected chi connectivity index (χ0v) is 7.10. The SMILES string of the molecule is FCc1cc(F)cc(I)n1. The number of hydrogen-bond donors (Lipinski definition) is 0. The fourth-order valence-electron chi connectivity index (χ4n) is 0.585. The third-order valence-electron chi connectivity index (χ3n) is 0.949. The van der Waals surface area contributed by atoms with E-state index in [1.165, 1.54) is 6.07 Å². The highest BCUT2D eigenvalue weighted by atomic mass is 127. The Labute approximate surface area is 70.6 Å². The van der Waals surface area contributed by atoms with Crippen molar-refractivity contribution in [3.63, 3.8) is 0 Å². The Hall–Kier alpha value is -0.260. The summed E-state index contributed by atoms with van der Waals surface area (Å²) in [7, 11) is 0. The van der Waals surface area contributed by atoms with Crippen LogP contribution in [0.4, 0.5) is 8.78 Å². The topological polar surface area (TPSA) is 12.9 Å². The van der Waals surface area contributed by atoms with Crippen LogP contribution in [-0.4, -0.2) is 4.98 Å². The van der Waals surface area contributed by atoms with Gasteiger partial charge in [0.25, 0.3) is 0 Å². The summed E-state index contributed by atoms with van der Waals surface area (Å²) < 4.78 is 24.7. The van der Waals surface area contributed by atoms with Gasteiger partial charge in [-0.1, -0.05) is 0 Å². The quantitative estimate of drug-likeness (QED) is 0.554. The standard InChI is InChI=1S/C6H4F2IN/c7-3-5-1-4(8)2-6(9)10-5/h1-2H,3H2. The van der Waals surface area contributed by atoms with E-state index in [2.05, 4.69) is 4.98 Å². The van der Waals surface area contributed by atoms with Crippen LogP contribution >= 0.6 is 22.6 Å². The van der Waals surface area contributed by atoms with Crippen molar-refractivity contribution in [3.05, 3.63) is 27.3 Å². The fourth-order valence-corrected chi connectivity index (χ4v) is 1.19. The molecule has 0 spiro atoms. The van der Waals surface area contributed by atoms with Crippen molar-refractivity contribution >= 4 is 22.6 Å². The Kier molecular flexibility index (Phi) is 2.53. The van der Waals surface area contributed by atoms with Gasteiger partial charge >= 0.3 is 0 Å². The van der Waals surface area contributed by atoms with E-state index in [9.17, 15) is 8.78 Å². The number of aromatic nitrogens is 1. The second-order valence-electron chi connectivity index (χ2n) is 1.73. The maximum absolute atomic E-state index is 12.4. The first-order valence-electron chi connectivity index (χ1n) is 2.60. The normalized spacial score (nSPS) is 9.90. The monoisotopic (exact) mass is 255 g/mol. The second kappa shape index (κ2) is 3.23. The van der Waals surface area contributed by atoms with E-state index in [0.29, 0.717) is 3.70 Å². The zero-order chi connectivity index (χ0) is 7.56. The molecule has 0 N–H and O–H groups in total. The molecule has 0 atom stereocenters. The Morgan fingerprint density at radius 3 is 2.70 bits per heavy atom. The van der Waals surface area contributed by atoms with Crippen LogP contribution in [-0.2, 0) is 6.67 Å². The van der Waals surface area contributed by atoms with Crippen molar-refractivity contribution in [2.75, 3.05) is 0 Å². The lowest BCUT2D eigenvalue weighted by Gasteiger charge is -1.94. The summed E-state index contributed by atoms with van der Waals surface area (Å²) in [6.07, 6.45) is 0. The molecule has 0 saturated heterocycles. The van der Waals surface area contributed by atoms with Gasteiger partial charge in [-0.15, -0.1) is 0 Å². The van der Waals surface area contributed by atoms with E-state index >= 15 is 0 Å². The van der Waals surface area contributed by atoms with Crippen LogP contribution in [0, 0.1) is 9.52 Å². The van der Waals surface area contributed by atoms with E-state index < -0.39 is 12.5 Å². The molecule has 0 aliphatic rings. The summed E-state index contributed by atoms with van der Waals surface area (Å²) in [5.41, 5.74) is 0.143. The largest absolute Gasteiger partial charge is 0.244 e. The minimum Gasteiger partial charge on any atom is -0.244 e. The van der Waals surface area contributed by atoms with Crippen molar-refractivity contribution in [3.8, 4) is 0 Å². The number of alkyl halides is 1. The van der Waals surface area contributed by atoms with Crippen molar-refractivity contribution in [1.29, 1.82) is 0 Å². The number of pyridine rings is 1. The van der Waals surface area contributed by atoms with Crippen LogP contribution in [0.5, 0.6) is 0 Å². The van der Waals surface area contributed by atoms with Crippen LogP contribution in [0.25, 0.3) is 0 Å². The van der Waals surface area contributed by atoms with Crippen molar-refractivity contribution in [2.45, 2.75) is 6.67 Å². The molecule has 0 aromatic carbocycles. The smallest absolute Gasteiger partial charge is 0.132 e. The Balaban J connectivity index is 3.06. The lowest BCUT2D eigenvalue weighted by atomic mass is 10.4. The van der Waals surface area contributed by atoms with Gasteiger partial charge in [0.15, 0.2) is 0 Å². The average Bonchev–Trinajstić information content (AvgIpc) is 1.85. The minimum atomic E-state index is -0.715. The van der Waals surface area contributed by atoms with Crippen LogP contribution in [0.15, 0.2) is 12.1 Å². The fraction of sp³-hybridized carbons (Fsp3) is 0.167. The van der Waals surface area contributed by atoms with Gasteiger partial charge in [-0.25, -0.2) is 13.8 Å². The molecule has 54 valence electrons. The molecular formula is C6H4F2IN. The van der Waals surface area contributed by atoms with Crippen molar-refractivity contribution in [2.24, 2.45) is 0 Å². The third-order valence-corrected chi connectivity index (χ3v) is 1.50. The number of halogens is 3. The van der Waals surface area contributed by atoms with E-state index in [1.54, 1.807) is 0 Å². The molecule has 0 unspecified atom stereocenters. The van der Waals surface area contributed by atoms with E-state index in [1.807, 2.05) is 22.6 Å². The highest BCUT2D eigenvalue weighted by Crippen LogP contribution is 2.07. The average molecular weight is 255 g/mol. The first-order chi connectivity index (χ1) is 4.72. The molecular weight excluding hydrogens is 251 g/mol. The molecule has 0 radical (unpaired) electrons. The van der Waals surface area contributed by atoms with E-state index in [4.69, 9.17) is 0 Å². The molecule has 4 heteroatoms. The molecule has 0 saturated carbocycles. The molecule has 0 aliphatic carbocycles. The van der Waals surface area contributed by atoms with Crippen LogP contribution in [0.2, 0.25) is 0 Å². The van der Waals surface area contributed by atoms with Crippen LogP contribution in [0.1, 0.15) is 5.69 Å². The summed E-state index contributed by atoms with van der Waals surface area (Å²) in [6.45, 7) is -0.715. The third kappa shape index (κ3) is 1.86. The summed E-state index contributed by atoms with van der Waals surface area (Å²) in [6, 6.07) is 2.34. The van der Waals surface area contributed by atoms with Gasteiger partial charge in [-0.05, 0) is 28.7 Å². The first kappa shape index (κ1) is 7.84. The molecule has 10 heavy (non-hydrogen) atoms. The van der Waals surface area contributed by atoms with Gasteiger partial charge < -0.3 is 0 Å². The van der Waals surface area contributed by atoms with E-state index in [-0.39, 0.29) is 5.69 Å². The van der Waals surface area contributed by atoms with Gasteiger partial charge in [-0.3, -0.25) is 0 Å². The molecule has 0 fully saturated rings. The predicted molar refractivity (Wildman–Crippen MR) is 41.7 cm³/mol. The Morgan fingerprint density at radius 1 is 1.50 bits per heavy atom. The maximum Gasteiger partial charge on any atom is 0.132 e. The highest BCUT2D eigenvalue weighted by Gasteiger charge is 1.98. The summed E-state index contributed by atoms with van der Waals surface area (Å²) in [4.78, 5) is 3.72. The summed E-state index contributed by atoms with van der Waals surface area (Å²) >= 11 is 1.84. The molecule has 1 aromatic heterocycles. The lowest BCUT2D eigenvalue weighted by molar-refractivity contribution is 0.471. The van der Waals surface area contributed by atoms with Gasteiger partial charge in [0.2, 0.25) is 0 Å². The number of rotatable bonds is 1. The molecule has 0 aliphatic heterocycles. The lowest BCUT2D eigenvalue weighted by Crippen LogP contribution is -1.90. The molecule has 0 amide bonds. The summed E-state index contributed by atoms with van der Waals surface area (Å²) in [5, 5.41) is 0. The first-order valence-corrected chi connectivity index (χ1v) is 3.68. The second-order valence-corrected chi connectivity index (χ2v) is 2.84. The van der Waals surface area contributed by atoms with Crippen molar-refractivity contribution in [1.82, 2.24) is 4.98 Å². The van der Waals surface area contributed by atoms with Crippen LogP contribution < -0.4 is 0 Å². The van der Waals surface area contributed by atoms with Gasteiger partial charge in [0.1, 0.15) is 16.2 Å².